The van der Waals surface area contributed by atoms with Gasteiger partial charge in [-0.05, 0) is 12.0 Å². The summed E-state index contributed by atoms with van der Waals surface area (Å²) < 4.78 is 0. The minimum absolute atomic E-state index is 0.100. The van der Waals surface area contributed by atoms with Crippen molar-refractivity contribution in [3.63, 3.8) is 0 Å². The summed E-state index contributed by atoms with van der Waals surface area (Å²) in [5.74, 6) is 0.628. The van der Waals surface area contributed by atoms with Crippen LogP contribution in [0.15, 0.2) is 39.9 Å². The van der Waals surface area contributed by atoms with Gasteiger partial charge in [0.05, 0.1) is 0 Å². The number of nitrogens with one attached hydrogen (secondary N) is 3. The number of H-pyrrole nitrogens is 3. The first-order chi connectivity index (χ1) is 10.1. The summed E-state index contributed by atoms with van der Waals surface area (Å²) in [6.45, 7) is 0. The van der Waals surface area contributed by atoms with Gasteiger partial charge in [0.2, 0.25) is 0 Å². The monoisotopic (exact) mass is 285 g/mol. The number of benzene rings is 1. The molecule has 0 bridgehead atoms. The molecule has 2 aromatic heterocycles. The Balaban J connectivity index is 1.78. The SMILES string of the molecule is NC(CCc1nc2[nH]c(=O)[nH]c(=O)c2[nH]1)c1ccccc1. The second kappa shape index (κ2) is 5.37. The molecule has 0 saturated carbocycles. The summed E-state index contributed by atoms with van der Waals surface area (Å²) in [5, 5.41) is 0. The predicted molar refractivity (Wildman–Crippen MR) is 79.0 cm³/mol. The summed E-state index contributed by atoms with van der Waals surface area (Å²) in [5.41, 5.74) is 6.69. The van der Waals surface area contributed by atoms with E-state index in [4.69, 9.17) is 5.73 Å². The molecule has 21 heavy (non-hydrogen) atoms. The van der Waals surface area contributed by atoms with Crippen molar-refractivity contribution in [1.29, 1.82) is 0 Å². The quantitative estimate of drug-likeness (QED) is 0.560. The van der Waals surface area contributed by atoms with Gasteiger partial charge in [0.1, 0.15) is 11.3 Å². The normalized spacial score (nSPS) is 12.6. The number of fused-ring (bicyclic) bond motifs is 1. The van der Waals surface area contributed by atoms with E-state index in [1.54, 1.807) is 0 Å². The van der Waals surface area contributed by atoms with Crippen molar-refractivity contribution in [2.75, 3.05) is 0 Å². The molecular formula is C14H15N5O2. The van der Waals surface area contributed by atoms with Crippen LogP contribution in [-0.2, 0) is 6.42 Å². The van der Waals surface area contributed by atoms with Gasteiger partial charge < -0.3 is 10.7 Å². The average molecular weight is 285 g/mol. The zero-order chi connectivity index (χ0) is 14.8. The van der Waals surface area contributed by atoms with Crippen molar-refractivity contribution in [2.24, 2.45) is 5.73 Å². The third-order valence-electron chi connectivity index (χ3n) is 3.36. The van der Waals surface area contributed by atoms with E-state index < -0.39 is 11.2 Å². The number of nitrogens with two attached hydrogens (primary N) is 1. The number of aromatic nitrogens is 4. The molecule has 3 aromatic rings. The van der Waals surface area contributed by atoms with E-state index in [0.29, 0.717) is 18.7 Å². The fraction of sp³-hybridized carbons (Fsp3) is 0.214. The molecule has 7 heteroatoms. The maximum absolute atomic E-state index is 11.6. The van der Waals surface area contributed by atoms with Crippen LogP contribution in [0.2, 0.25) is 0 Å². The maximum Gasteiger partial charge on any atom is 0.327 e. The summed E-state index contributed by atoms with van der Waals surface area (Å²) in [7, 11) is 0. The number of hydrogen-bond acceptors (Lipinski definition) is 4. The highest BCUT2D eigenvalue weighted by atomic mass is 16.2. The third-order valence-corrected chi connectivity index (χ3v) is 3.36. The molecule has 0 aliphatic rings. The van der Waals surface area contributed by atoms with Gasteiger partial charge in [-0.25, -0.2) is 9.78 Å². The molecule has 7 nitrogen and oxygen atoms in total. The molecule has 5 N–H and O–H groups in total. The van der Waals surface area contributed by atoms with Crippen LogP contribution in [0.5, 0.6) is 0 Å². The Morgan fingerprint density at radius 1 is 1.10 bits per heavy atom. The van der Waals surface area contributed by atoms with E-state index >= 15 is 0 Å². The van der Waals surface area contributed by atoms with Gasteiger partial charge in [0.15, 0.2) is 5.65 Å². The van der Waals surface area contributed by atoms with Crippen LogP contribution in [0, 0.1) is 0 Å². The molecule has 3 rings (SSSR count). The van der Waals surface area contributed by atoms with Crippen LogP contribution in [0.25, 0.3) is 11.2 Å². The van der Waals surface area contributed by atoms with Gasteiger partial charge >= 0.3 is 5.69 Å². The molecule has 0 aliphatic carbocycles. The number of aromatic amines is 3. The molecule has 0 saturated heterocycles. The Morgan fingerprint density at radius 3 is 2.62 bits per heavy atom. The Bertz CT molecular complexity index is 862. The molecule has 1 atom stereocenters. The van der Waals surface area contributed by atoms with Crippen LogP contribution >= 0.6 is 0 Å². The van der Waals surface area contributed by atoms with Gasteiger partial charge in [-0.1, -0.05) is 30.3 Å². The number of hydrogen-bond donors (Lipinski definition) is 4. The maximum atomic E-state index is 11.6. The van der Waals surface area contributed by atoms with Crippen molar-refractivity contribution >= 4 is 11.2 Å². The minimum Gasteiger partial charge on any atom is -0.336 e. The number of rotatable bonds is 4. The van der Waals surface area contributed by atoms with E-state index in [-0.39, 0.29) is 17.2 Å². The van der Waals surface area contributed by atoms with Crippen LogP contribution < -0.4 is 17.0 Å². The third kappa shape index (κ3) is 2.77. The van der Waals surface area contributed by atoms with E-state index in [0.717, 1.165) is 5.56 Å². The summed E-state index contributed by atoms with van der Waals surface area (Å²) in [4.78, 5) is 34.6. The summed E-state index contributed by atoms with van der Waals surface area (Å²) >= 11 is 0. The molecule has 0 radical (unpaired) electrons. The molecule has 1 unspecified atom stereocenters. The zero-order valence-corrected chi connectivity index (χ0v) is 11.2. The van der Waals surface area contributed by atoms with E-state index in [9.17, 15) is 9.59 Å². The van der Waals surface area contributed by atoms with Gasteiger partial charge in [-0.3, -0.25) is 14.8 Å². The summed E-state index contributed by atoms with van der Waals surface area (Å²) in [6, 6.07) is 9.69. The molecule has 0 amide bonds. The topological polar surface area (TPSA) is 120 Å². The molecule has 108 valence electrons. The number of imidazole rings is 1. The van der Waals surface area contributed by atoms with Crippen LogP contribution in [-0.4, -0.2) is 19.9 Å². The van der Waals surface area contributed by atoms with E-state index in [1.807, 2.05) is 30.3 Å². The molecule has 0 aliphatic heterocycles. The molecule has 1 aromatic carbocycles. The van der Waals surface area contributed by atoms with Crippen LogP contribution in [0.4, 0.5) is 0 Å². The van der Waals surface area contributed by atoms with E-state index in [1.165, 1.54) is 0 Å². The molecular weight excluding hydrogens is 270 g/mol. The average Bonchev–Trinajstić information content (AvgIpc) is 2.89. The molecule has 0 fully saturated rings. The van der Waals surface area contributed by atoms with Crippen molar-refractivity contribution in [3.8, 4) is 0 Å². The Hall–Kier alpha value is -2.67. The van der Waals surface area contributed by atoms with Crippen molar-refractivity contribution in [1.82, 2.24) is 19.9 Å². The zero-order valence-electron chi connectivity index (χ0n) is 11.2. The van der Waals surface area contributed by atoms with Crippen LogP contribution in [0.1, 0.15) is 23.9 Å². The fourth-order valence-corrected chi connectivity index (χ4v) is 2.26. The Kier molecular flexibility index (Phi) is 3.41. The van der Waals surface area contributed by atoms with Gasteiger partial charge in [-0.15, -0.1) is 0 Å². The first-order valence-electron chi connectivity index (χ1n) is 6.65. The lowest BCUT2D eigenvalue weighted by molar-refractivity contribution is 0.638. The fourth-order valence-electron chi connectivity index (χ4n) is 2.26. The van der Waals surface area contributed by atoms with Gasteiger partial charge in [-0.2, -0.15) is 0 Å². The smallest absolute Gasteiger partial charge is 0.327 e. The first-order valence-corrected chi connectivity index (χ1v) is 6.65. The van der Waals surface area contributed by atoms with E-state index in [2.05, 4.69) is 19.9 Å². The van der Waals surface area contributed by atoms with Gasteiger partial charge in [0, 0.05) is 12.5 Å². The lowest BCUT2D eigenvalue weighted by atomic mass is 10.0. The Morgan fingerprint density at radius 2 is 1.86 bits per heavy atom. The Labute approximate surface area is 119 Å². The van der Waals surface area contributed by atoms with Crippen molar-refractivity contribution in [2.45, 2.75) is 18.9 Å². The van der Waals surface area contributed by atoms with Gasteiger partial charge in [0.25, 0.3) is 5.56 Å². The van der Waals surface area contributed by atoms with Crippen molar-refractivity contribution in [3.05, 3.63) is 62.6 Å². The van der Waals surface area contributed by atoms with Crippen LogP contribution in [0.3, 0.4) is 0 Å². The minimum atomic E-state index is -0.563. The second-order valence-corrected chi connectivity index (χ2v) is 4.87. The van der Waals surface area contributed by atoms with Crippen molar-refractivity contribution < 1.29 is 0 Å². The lowest BCUT2D eigenvalue weighted by Crippen LogP contribution is -2.21. The molecule has 0 spiro atoms. The predicted octanol–water partition coefficient (Wildman–Crippen LogP) is 0.572. The summed E-state index contributed by atoms with van der Waals surface area (Å²) in [6.07, 6.45) is 1.28. The second-order valence-electron chi connectivity index (χ2n) is 4.87. The number of aryl methyl sites for hydroxylation is 1. The highest BCUT2D eigenvalue weighted by Gasteiger charge is 2.10. The lowest BCUT2D eigenvalue weighted by Gasteiger charge is -2.10. The highest BCUT2D eigenvalue weighted by molar-refractivity contribution is 5.68. The first kappa shape index (κ1) is 13.3. The standard InChI is InChI=1S/C14H15N5O2/c15-9(8-4-2-1-3-5-8)6-7-10-16-11-12(17-10)18-14(21)19-13(11)20/h1-5,9H,6-7,15H2,(H3,16,17,18,19,20,21). The highest BCUT2D eigenvalue weighted by Crippen LogP contribution is 2.15. The number of nitrogens with zero attached hydrogens (tertiary/aromatic N) is 1. The largest absolute Gasteiger partial charge is 0.336 e. The molecule has 2 heterocycles.